The van der Waals surface area contributed by atoms with Crippen LogP contribution in [0.25, 0.3) is 11.3 Å². The monoisotopic (exact) mass is 384 g/mol. The second-order valence-corrected chi connectivity index (χ2v) is 8.38. The number of pyridine rings is 1. The molecule has 0 fully saturated rings. The quantitative estimate of drug-likeness (QED) is 0.698. The lowest BCUT2D eigenvalue weighted by molar-refractivity contribution is 0.416. The van der Waals surface area contributed by atoms with Crippen molar-refractivity contribution < 1.29 is 13.2 Å². The molecule has 3 rings (SSSR count). The SMILES string of the molecule is COc1cc(C)ccc1-c1cc(Nc2cc(CS(C)(=O)=O)ccn2)ncn1. The first kappa shape index (κ1) is 18.8. The minimum Gasteiger partial charge on any atom is -0.496 e. The highest BCUT2D eigenvalue weighted by atomic mass is 32.2. The minimum absolute atomic E-state index is 0.0419. The average molecular weight is 384 g/mol. The van der Waals surface area contributed by atoms with E-state index < -0.39 is 9.84 Å². The van der Waals surface area contributed by atoms with E-state index in [-0.39, 0.29) is 5.75 Å². The summed E-state index contributed by atoms with van der Waals surface area (Å²) in [6, 6.07) is 11.0. The summed E-state index contributed by atoms with van der Waals surface area (Å²) in [4.78, 5) is 12.8. The van der Waals surface area contributed by atoms with Crippen molar-refractivity contribution in [3.8, 4) is 17.0 Å². The number of nitrogens with one attached hydrogen (secondary N) is 1. The minimum atomic E-state index is -3.12. The van der Waals surface area contributed by atoms with E-state index in [0.717, 1.165) is 16.9 Å². The Hall–Kier alpha value is -3.00. The molecule has 2 heterocycles. The van der Waals surface area contributed by atoms with Crippen LogP contribution in [-0.2, 0) is 15.6 Å². The van der Waals surface area contributed by atoms with Crippen LogP contribution in [0.2, 0.25) is 0 Å². The summed E-state index contributed by atoms with van der Waals surface area (Å²) in [5, 5.41) is 3.09. The van der Waals surface area contributed by atoms with Gasteiger partial charge in [-0.05, 0) is 42.3 Å². The largest absolute Gasteiger partial charge is 0.496 e. The van der Waals surface area contributed by atoms with Crippen molar-refractivity contribution in [2.45, 2.75) is 12.7 Å². The molecule has 0 amide bonds. The van der Waals surface area contributed by atoms with E-state index in [1.165, 1.54) is 12.6 Å². The zero-order chi connectivity index (χ0) is 19.4. The van der Waals surface area contributed by atoms with Crippen LogP contribution in [0.3, 0.4) is 0 Å². The number of ether oxygens (including phenoxy) is 1. The number of sulfone groups is 1. The van der Waals surface area contributed by atoms with Gasteiger partial charge in [0.05, 0.1) is 18.6 Å². The molecular weight excluding hydrogens is 364 g/mol. The highest BCUT2D eigenvalue weighted by Crippen LogP contribution is 2.30. The third-order valence-corrected chi connectivity index (χ3v) is 4.67. The molecule has 2 aromatic heterocycles. The summed E-state index contributed by atoms with van der Waals surface area (Å²) in [7, 11) is -1.50. The van der Waals surface area contributed by atoms with Crippen LogP contribution < -0.4 is 10.1 Å². The normalized spacial score (nSPS) is 11.2. The number of benzene rings is 1. The Bertz CT molecular complexity index is 1070. The van der Waals surface area contributed by atoms with Crippen LogP contribution >= 0.6 is 0 Å². The van der Waals surface area contributed by atoms with Crippen LogP contribution in [0.1, 0.15) is 11.1 Å². The molecule has 0 bridgehead atoms. The van der Waals surface area contributed by atoms with Gasteiger partial charge in [-0.1, -0.05) is 6.07 Å². The number of nitrogens with zero attached hydrogens (tertiary/aromatic N) is 3. The van der Waals surface area contributed by atoms with E-state index in [0.29, 0.717) is 22.9 Å². The Morgan fingerprint density at radius 3 is 2.56 bits per heavy atom. The molecule has 7 nitrogen and oxygen atoms in total. The standard InChI is InChI=1S/C19H20N4O3S/c1-13-4-5-15(17(8-13)26-2)16-10-19(22-12-21-16)23-18-9-14(6-7-20-18)11-27(3,24)25/h4-10,12H,11H2,1-3H3,(H,20,21,22,23). The Labute approximate surface area is 158 Å². The van der Waals surface area contributed by atoms with E-state index in [1.807, 2.05) is 25.1 Å². The molecular formula is C19H20N4O3S. The maximum Gasteiger partial charge on any atom is 0.151 e. The van der Waals surface area contributed by atoms with Gasteiger partial charge in [-0.25, -0.2) is 23.4 Å². The predicted molar refractivity (Wildman–Crippen MR) is 105 cm³/mol. The van der Waals surface area contributed by atoms with Gasteiger partial charge in [0.2, 0.25) is 0 Å². The van der Waals surface area contributed by atoms with Crippen molar-refractivity contribution in [3.05, 3.63) is 60.0 Å². The number of aryl methyl sites for hydroxylation is 1. The predicted octanol–water partition coefficient (Wildman–Crippen LogP) is 3.14. The van der Waals surface area contributed by atoms with E-state index in [1.54, 1.807) is 31.5 Å². The first-order chi connectivity index (χ1) is 12.8. The zero-order valence-corrected chi connectivity index (χ0v) is 16.1. The Morgan fingerprint density at radius 1 is 1.04 bits per heavy atom. The first-order valence-corrected chi connectivity index (χ1v) is 10.3. The van der Waals surface area contributed by atoms with Gasteiger partial charge in [0.1, 0.15) is 23.7 Å². The molecule has 0 aliphatic rings. The van der Waals surface area contributed by atoms with E-state index in [2.05, 4.69) is 20.3 Å². The summed E-state index contributed by atoms with van der Waals surface area (Å²) in [5.74, 6) is 1.75. The lowest BCUT2D eigenvalue weighted by atomic mass is 10.1. The maximum absolute atomic E-state index is 11.5. The Morgan fingerprint density at radius 2 is 1.81 bits per heavy atom. The zero-order valence-electron chi connectivity index (χ0n) is 15.3. The van der Waals surface area contributed by atoms with Crippen molar-refractivity contribution >= 4 is 21.5 Å². The van der Waals surface area contributed by atoms with Crippen LogP contribution in [-0.4, -0.2) is 36.7 Å². The fourth-order valence-corrected chi connectivity index (χ4v) is 3.43. The van der Waals surface area contributed by atoms with E-state index in [4.69, 9.17) is 4.74 Å². The van der Waals surface area contributed by atoms with Gasteiger partial charge < -0.3 is 10.1 Å². The van der Waals surface area contributed by atoms with Crippen molar-refractivity contribution in [2.75, 3.05) is 18.7 Å². The smallest absolute Gasteiger partial charge is 0.151 e. The Kier molecular flexibility index (Phi) is 5.36. The molecule has 140 valence electrons. The third kappa shape index (κ3) is 5.01. The van der Waals surface area contributed by atoms with Gasteiger partial charge >= 0.3 is 0 Å². The van der Waals surface area contributed by atoms with Crippen LogP contribution in [0.4, 0.5) is 11.6 Å². The molecule has 3 aromatic rings. The highest BCUT2D eigenvalue weighted by molar-refractivity contribution is 7.89. The molecule has 0 saturated carbocycles. The van der Waals surface area contributed by atoms with Gasteiger partial charge in [0, 0.05) is 24.1 Å². The summed E-state index contributed by atoms with van der Waals surface area (Å²) >= 11 is 0. The summed E-state index contributed by atoms with van der Waals surface area (Å²) < 4.78 is 28.4. The molecule has 0 aliphatic carbocycles. The summed E-state index contributed by atoms with van der Waals surface area (Å²) in [6.07, 6.45) is 4.22. The number of hydrogen-bond donors (Lipinski definition) is 1. The van der Waals surface area contributed by atoms with Gasteiger partial charge in [-0.2, -0.15) is 0 Å². The van der Waals surface area contributed by atoms with Crippen molar-refractivity contribution in [1.29, 1.82) is 0 Å². The van der Waals surface area contributed by atoms with Gasteiger partial charge in [0.15, 0.2) is 9.84 Å². The molecule has 0 radical (unpaired) electrons. The van der Waals surface area contributed by atoms with Gasteiger partial charge in [-0.3, -0.25) is 0 Å². The second kappa shape index (κ2) is 7.71. The maximum atomic E-state index is 11.5. The van der Waals surface area contributed by atoms with Gasteiger partial charge in [-0.15, -0.1) is 0 Å². The van der Waals surface area contributed by atoms with E-state index in [9.17, 15) is 8.42 Å². The third-order valence-electron chi connectivity index (χ3n) is 3.81. The molecule has 8 heteroatoms. The number of methoxy groups -OCH3 is 1. The molecule has 0 saturated heterocycles. The summed E-state index contributed by atoms with van der Waals surface area (Å²) in [5.41, 5.74) is 3.31. The van der Waals surface area contributed by atoms with Crippen LogP contribution in [0, 0.1) is 6.92 Å². The lowest BCUT2D eigenvalue weighted by Gasteiger charge is -2.11. The molecule has 27 heavy (non-hydrogen) atoms. The molecule has 0 unspecified atom stereocenters. The average Bonchev–Trinajstić information content (AvgIpc) is 2.60. The Balaban J connectivity index is 1.88. The fourth-order valence-electron chi connectivity index (χ4n) is 2.65. The first-order valence-electron chi connectivity index (χ1n) is 8.21. The lowest BCUT2D eigenvalue weighted by Crippen LogP contribution is -2.03. The fraction of sp³-hybridized carbons (Fsp3) is 0.211. The molecule has 0 atom stereocenters. The van der Waals surface area contributed by atoms with Crippen molar-refractivity contribution in [3.63, 3.8) is 0 Å². The molecule has 0 spiro atoms. The number of aromatic nitrogens is 3. The van der Waals surface area contributed by atoms with E-state index >= 15 is 0 Å². The number of anilines is 2. The molecule has 0 aliphatic heterocycles. The van der Waals surface area contributed by atoms with Crippen LogP contribution in [0.15, 0.2) is 48.9 Å². The second-order valence-electron chi connectivity index (χ2n) is 6.24. The summed E-state index contributed by atoms with van der Waals surface area (Å²) in [6.45, 7) is 1.99. The van der Waals surface area contributed by atoms with Crippen molar-refractivity contribution in [1.82, 2.24) is 15.0 Å². The molecule has 1 N–H and O–H groups in total. The van der Waals surface area contributed by atoms with Gasteiger partial charge in [0.25, 0.3) is 0 Å². The number of hydrogen-bond acceptors (Lipinski definition) is 7. The molecule has 1 aromatic carbocycles. The van der Waals surface area contributed by atoms with Crippen LogP contribution in [0.5, 0.6) is 5.75 Å². The highest BCUT2D eigenvalue weighted by Gasteiger charge is 2.10. The number of rotatable bonds is 6. The topological polar surface area (TPSA) is 94.1 Å². The van der Waals surface area contributed by atoms with Crippen molar-refractivity contribution in [2.24, 2.45) is 0 Å².